The van der Waals surface area contributed by atoms with Crippen LogP contribution in [0.25, 0.3) is 6.08 Å². The lowest BCUT2D eigenvalue weighted by Crippen LogP contribution is -2.30. The molecule has 4 aromatic carbocycles. The van der Waals surface area contributed by atoms with Gasteiger partial charge in [-0.3, -0.25) is 14.4 Å². The van der Waals surface area contributed by atoms with Crippen molar-refractivity contribution in [1.82, 2.24) is 5.32 Å². The molecular formula is C42H39N3O5S2. The highest BCUT2D eigenvalue weighted by molar-refractivity contribution is 8.00. The van der Waals surface area contributed by atoms with Crippen LogP contribution in [0.4, 0.5) is 10.7 Å². The number of hydrogen-bond acceptors (Lipinski definition) is 7. The molecule has 2 unspecified atom stereocenters. The first-order valence-corrected chi connectivity index (χ1v) is 18.9. The van der Waals surface area contributed by atoms with Crippen molar-refractivity contribution >= 4 is 63.6 Å². The monoisotopic (exact) mass is 729 g/mol. The van der Waals surface area contributed by atoms with Gasteiger partial charge in [-0.2, -0.15) is 0 Å². The zero-order chi connectivity index (χ0) is 36.5. The number of thiophene rings is 1. The molecule has 8 nitrogen and oxygen atoms in total. The molecule has 264 valence electrons. The van der Waals surface area contributed by atoms with E-state index in [9.17, 15) is 19.2 Å². The van der Waals surface area contributed by atoms with E-state index in [0.29, 0.717) is 27.7 Å². The molecule has 0 spiro atoms. The number of esters is 1. The standard InChI is InChI=1S/C42H39N3O5S2/c1-3-50-42(49)36-33-23-22-27(2)24-35(33)52-41(36)45-40(48)37(29-16-9-5-10-17-29)51-32-21-13-20-31(26-32)43-39(47)34(25-28-14-7-4-8-15-28)44-38(46)30-18-11-6-12-19-30/h4-21,25-27,37H,3,22-24H2,1-2H3,(H,43,47)(H,44,46)(H,45,48)/b34-25-. The molecule has 2 atom stereocenters. The summed E-state index contributed by atoms with van der Waals surface area (Å²) in [6.07, 6.45) is 4.22. The number of anilines is 2. The Balaban J connectivity index is 1.24. The molecule has 10 heteroatoms. The summed E-state index contributed by atoms with van der Waals surface area (Å²) in [6.45, 7) is 4.22. The minimum atomic E-state index is -0.682. The highest BCUT2D eigenvalue weighted by Gasteiger charge is 2.31. The lowest BCUT2D eigenvalue weighted by molar-refractivity contribution is -0.116. The number of hydrogen-bond donors (Lipinski definition) is 3. The molecule has 1 aliphatic carbocycles. The van der Waals surface area contributed by atoms with Gasteiger partial charge in [0.2, 0.25) is 5.91 Å². The van der Waals surface area contributed by atoms with Crippen LogP contribution in [0.2, 0.25) is 0 Å². The van der Waals surface area contributed by atoms with Crippen LogP contribution in [0.3, 0.4) is 0 Å². The molecule has 5 aromatic rings. The number of ether oxygens (including phenoxy) is 1. The zero-order valence-corrected chi connectivity index (χ0v) is 30.5. The van der Waals surface area contributed by atoms with Crippen LogP contribution < -0.4 is 16.0 Å². The van der Waals surface area contributed by atoms with Gasteiger partial charge in [-0.25, -0.2) is 4.79 Å². The van der Waals surface area contributed by atoms with E-state index in [0.717, 1.165) is 45.7 Å². The van der Waals surface area contributed by atoms with Crippen LogP contribution in [-0.4, -0.2) is 30.3 Å². The van der Waals surface area contributed by atoms with Crippen molar-refractivity contribution in [3.05, 3.63) is 154 Å². The summed E-state index contributed by atoms with van der Waals surface area (Å²) in [5.74, 6) is -1.12. The molecule has 6 rings (SSSR count). The normalized spacial score (nSPS) is 14.4. The Hall–Kier alpha value is -5.45. The Morgan fingerprint density at radius 2 is 1.58 bits per heavy atom. The fourth-order valence-corrected chi connectivity index (χ4v) is 8.46. The Kier molecular flexibility index (Phi) is 12.0. The van der Waals surface area contributed by atoms with Gasteiger partial charge in [-0.15, -0.1) is 23.1 Å². The molecule has 0 saturated carbocycles. The molecule has 0 bridgehead atoms. The number of thioether (sulfide) groups is 1. The number of benzene rings is 4. The second kappa shape index (κ2) is 17.2. The van der Waals surface area contributed by atoms with Gasteiger partial charge in [0.15, 0.2) is 0 Å². The van der Waals surface area contributed by atoms with Crippen LogP contribution in [0.1, 0.15) is 67.8 Å². The van der Waals surface area contributed by atoms with E-state index < -0.39 is 23.0 Å². The van der Waals surface area contributed by atoms with E-state index in [4.69, 9.17) is 4.74 Å². The lowest BCUT2D eigenvalue weighted by Gasteiger charge is -2.19. The van der Waals surface area contributed by atoms with Gasteiger partial charge in [0.25, 0.3) is 11.8 Å². The van der Waals surface area contributed by atoms with E-state index in [2.05, 4.69) is 22.9 Å². The fourth-order valence-electron chi connectivity index (χ4n) is 5.98. The Bertz CT molecular complexity index is 2080. The zero-order valence-electron chi connectivity index (χ0n) is 28.9. The van der Waals surface area contributed by atoms with E-state index in [1.54, 1.807) is 55.5 Å². The second-order valence-corrected chi connectivity index (χ2v) is 14.7. The largest absolute Gasteiger partial charge is 0.462 e. The summed E-state index contributed by atoms with van der Waals surface area (Å²) < 4.78 is 5.43. The lowest BCUT2D eigenvalue weighted by atomic mass is 9.88. The molecule has 1 heterocycles. The van der Waals surface area contributed by atoms with Crippen LogP contribution in [-0.2, 0) is 27.2 Å². The molecule has 0 aliphatic heterocycles. The van der Waals surface area contributed by atoms with Crippen molar-refractivity contribution in [1.29, 1.82) is 0 Å². The number of carbonyl (C=O) groups excluding carboxylic acids is 4. The van der Waals surface area contributed by atoms with Crippen molar-refractivity contribution in [3.8, 4) is 0 Å². The smallest absolute Gasteiger partial charge is 0.341 e. The second-order valence-electron chi connectivity index (χ2n) is 12.4. The Morgan fingerprint density at radius 1 is 0.885 bits per heavy atom. The predicted molar refractivity (Wildman–Crippen MR) is 209 cm³/mol. The van der Waals surface area contributed by atoms with E-state index >= 15 is 0 Å². The maximum atomic E-state index is 14.2. The summed E-state index contributed by atoms with van der Waals surface area (Å²) >= 11 is 2.79. The maximum absolute atomic E-state index is 14.2. The van der Waals surface area contributed by atoms with Gasteiger partial charge in [-0.05, 0) is 85.2 Å². The highest BCUT2D eigenvalue weighted by Crippen LogP contribution is 2.42. The van der Waals surface area contributed by atoms with Gasteiger partial charge < -0.3 is 20.7 Å². The molecular weight excluding hydrogens is 691 g/mol. The number of carbonyl (C=O) groups is 4. The molecule has 0 radical (unpaired) electrons. The first-order chi connectivity index (χ1) is 25.3. The fraction of sp³-hybridized carbons (Fsp3) is 0.190. The third-order valence-corrected chi connectivity index (χ3v) is 11.0. The minimum absolute atomic E-state index is 0.0742. The number of amides is 3. The van der Waals surface area contributed by atoms with Crippen LogP contribution in [0.15, 0.2) is 126 Å². The molecule has 0 fully saturated rings. The van der Waals surface area contributed by atoms with Gasteiger partial charge in [0.05, 0.1) is 12.2 Å². The van der Waals surface area contributed by atoms with E-state index in [-0.39, 0.29) is 18.2 Å². The first-order valence-electron chi connectivity index (χ1n) is 17.2. The third-order valence-electron chi connectivity index (χ3n) is 8.55. The van der Waals surface area contributed by atoms with Crippen molar-refractivity contribution in [2.45, 2.75) is 43.3 Å². The Labute approximate surface area is 311 Å². The molecule has 3 N–H and O–H groups in total. The SMILES string of the molecule is CCOC(=O)c1c(NC(=O)C(Sc2cccc(NC(=O)/C(=C/c3ccccc3)NC(=O)c3ccccc3)c2)c2ccccc2)sc2c1CCC(C)C2. The molecule has 52 heavy (non-hydrogen) atoms. The van der Waals surface area contributed by atoms with Crippen LogP contribution in [0.5, 0.6) is 0 Å². The molecule has 1 aliphatic rings. The number of nitrogens with one attached hydrogen (secondary N) is 3. The summed E-state index contributed by atoms with van der Waals surface area (Å²) in [5, 5.41) is 8.62. The summed E-state index contributed by atoms with van der Waals surface area (Å²) in [5.41, 5.74) is 3.94. The topological polar surface area (TPSA) is 114 Å². The van der Waals surface area contributed by atoms with Gasteiger partial charge in [-0.1, -0.05) is 91.9 Å². The predicted octanol–water partition coefficient (Wildman–Crippen LogP) is 8.93. The first kappa shape index (κ1) is 36.3. The van der Waals surface area contributed by atoms with Crippen molar-refractivity contribution in [3.63, 3.8) is 0 Å². The highest BCUT2D eigenvalue weighted by atomic mass is 32.2. The molecule has 0 saturated heterocycles. The van der Waals surface area contributed by atoms with Gasteiger partial charge in [0.1, 0.15) is 15.9 Å². The van der Waals surface area contributed by atoms with E-state index in [1.165, 1.54) is 23.1 Å². The summed E-state index contributed by atoms with van der Waals surface area (Å²) in [6, 6.07) is 34.6. The van der Waals surface area contributed by atoms with E-state index in [1.807, 2.05) is 72.8 Å². The number of fused-ring (bicyclic) bond motifs is 1. The van der Waals surface area contributed by atoms with Gasteiger partial charge in [0, 0.05) is 21.0 Å². The average molecular weight is 730 g/mol. The molecule has 3 amide bonds. The van der Waals surface area contributed by atoms with Crippen molar-refractivity contribution < 1.29 is 23.9 Å². The average Bonchev–Trinajstić information content (AvgIpc) is 3.51. The minimum Gasteiger partial charge on any atom is -0.462 e. The Morgan fingerprint density at radius 3 is 2.29 bits per heavy atom. The maximum Gasteiger partial charge on any atom is 0.341 e. The quantitative estimate of drug-likeness (QED) is 0.0672. The van der Waals surface area contributed by atoms with Crippen molar-refractivity contribution in [2.24, 2.45) is 5.92 Å². The van der Waals surface area contributed by atoms with Crippen LogP contribution >= 0.6 is 23.1 Å². The van der Waals surface area contributed by atoms with Gasteiger partial charge >= 0.3 is 5.97 Å². The number of rotatable bonds is 12. The van der Waals surface area contributed by atoms with Crippen molar-refractivity contribution in [2.75, 3.05) is 17.2 Å². The van der Waals surface area contributed by atoms with Crippen LogP contribution in [0, 0.1) is 5.92 Å². The summed E-state index contributed by atoms with van der Waals surface area (Å²) in [7, 11) is 0. The third kappa shape index (κ3) is 9.06. The summed E-state index contributed by atoms with van der Waals surface area (Å²) in [4.78, 5) is 55.9. The molecule has 1 aromatic heterocycles.